The van der Waals surface area contributed by atoms with E-state index in [1.807, 2.05) is 13.8 Å². The van der Waals surface area contributed by atoms with Crippen molar-refractivity contribution in [3.63, 3.8) is 0 Å². The number of rotatable bonds is 8. The van der Waals surface area contributed by atoms with Crippen molar-refractivity contribution in [2.75, 3.05) is 11.9 Å². The quantitative estimate of drug-likeness (QED) is 0.555. The molecule has 4 N–H and O–H groups in total. The predicted molar refractivity (Wildman–Crippen MR) is 84.4 cm³/mol. The van der Waals surface area contributed by atoms with Gasteiger partial charge in [-0.15, -0.1) is 0 Å². The molecule has 0 aliphatic heterocycles. The Morgan fingerprint density at radius 1 is 1.33 bits per heavy atom. The molecule has 0 spiro atoms. The molecule has 0 aliphatic rings. The van der Waals surface area contributed by atoms with E-state index in [2.05, 4.69) is 10.6 Å². The highest BCUT2D eigenvalue weighted by atomic mass is 16.3. The summed E-state index contributed by atoms with van der Waals surface area (Å²) in [4.78, 5) is 11.6. The predicted octanol–water partition coefficient (Wildman–Crippen LogP) is 2.55. The van der Waals surface area contributed by atoms with Gasteiger partial charge in [-0.05, 0) is 51.4 Å². The molecule has 0 fully saturated rings. The highest BCUT2D eigenvalue weighted by molar-refractivity contribution is 5.90. The van der Waals surface area contributed by atoms with Crippen molar-refractivity contribution in [3.05, 3.63) is 23.8 Å². The van der Waals surface area contributed by atoms with Crippen LogP contribution in [0.2, 0.25) is 0 Å². The molecule has 0 aliphatic carbocycles. The molecule has 2 atom stereocenters. The second kappa shape index (κ2) is 8.64. The number of nitrogens with one attached hydrogen (secondary N) is 2. The molecular weight excluding hydrogens is 268 g/mol. The Morgan fingerprint density at radius 2 is 2.05 bits per heavy atom. The van der Waals surface area contributed by atoms with E-state index >= 15 is 0 Å². The van der Waals surface area contributed by atoms with Gasteiger partial charge in [-0.3, -0.25) is 4.79 Å². The van der Waals surface area contributed by atoms with E-state index in [0.717, 1.165) is 12.0 Å². The zero-order valence-electron chi connectivity index (χ0n) is 13.0. The largest absolute Gasteiger partial charge is 0.508 e. The number of benzene rings is 1. The maximum atomic E-state index is 11.6. The first-order chi connectivity index (χ1) is 9.93. The smallest absolute Gasteiger partial charge is 0.224 e. The summed E-state index contributed by atoms with van der Waals surface area (Å²) < 4.78 is 0. The lowest BCUT2D eigenvalue weighted by Gasteiger charge is -2.17. The molecule has 118 valence electrons. The summed E-state index contributed by atoms with van der Waals surface area (Å²) in [5.74, 6) is 0.171. The third kappa shape index (κ3) is 6.14. The Balaban J connectivity index is 2.70. The lowest BCUT2D eigenvalue weighted by atomic mass is 10.1. The van der Waals surface area contributed by atoms with E-state index in [4.69, 9.17) is 0 Å². The first-order valence-electron chi connectivity index (χ1n) is 7.48. The SMILES string of the molecule is CCCC(=O)Nc1ccc(O)c(C(C)NCCC(C)O)c1. The summed E-state index contributed by atoms with van der Waals surface area (Å²) >= 11 is 0. The minimum absolute atomic E-state index is 0.0242. The summed E-state index contributed by atoms with van der Waals surface area (Å²) in [6, 6.07) is 4.99. The molecule has 1 aromatic rings. The number of aliphatic hydroxyl groups excluding tert-OH is 1. The molecule has 0 aromatic heterocycles. The van der Waals surface area contributed by atoms with Gasteiger partial charge in [0, 0.05) is 23.7 Å². The number of aromatic hydroxyl groups is 1. The van der Waals surface area contributed by atoms with Gasteiger partial charge in [0.25, 0.3) is 0 Å². The molecule has 0 saturated heterocycles. The molecule has 0 bridgehead atoms. The third-order valence-corrected chi connectivity index (χ3v) is 3.27. The topological polar surface area (TPSA) is 81.6 Å². The molecule has 5 heteroatoms. The fraction of sp³-hybridized carbons (Fsp3) is 0.562. The second-order valence-electron chi connectivity index (χ2n) is 5.39. The number of carbonyl (C=O) groups excluding carboxylic acids is 1. The van der Waals surface area contributed by atoms with Crippen LogP contribution in [0, 0.1) is 0 Å². The van der Waals surface area contributed by atoms with Gasteiger partial charge in [0.15, 0.2) is 0 Å². The molecule has 0 saturated carbocycles. The number of aliphatic hydroxyl groups is 1. The van der Waals surface area contributed by atoms with Gasteiger partial charge < -0.3 is 20.8 Å². The van der Waals surface area contributed by atoms with Crippen molar-refractivity contribution in [3.8, 4) is 5.75 Å². The summed E-state index contributed by atoms with van der Waals surface area (Å²) in [5, 5.41) is 25.3. The van der Waals surface area contributed by atoms with E-state index in [1.165, 1.54) is 0 Å². The molecule has 0 heterocycles. The lowest BCUT2D eigenvalue weighted by molar-refractivity contribution is -0.116. The van der Waals surface area contributed by atoms with Crippen LogP contribution in [-0.2, 0) is 4.79 Å². The van der Waals surface area contributed by atoms with Crippen molar-refractivity contribution in [2.24, 2.45) is 0 Å². The number of hydrogen-bond acceptors (Lipinski definition) is 4. The van der Waals surface area contributed by atoms with Gasteiger partial charge in [-0.25, -0.2) is 0 Å². The van der Waals surface area contributed by atoms with Crippen LogP contribution >= 0.6 is 0 Å². The molecule has 5 nitrogen and oxygen atoms in total. The van der Waals surface area contributed by atoms with Crippen LogP contribution < -0.4 is 10.6 Å². The molecule has 21 heavy (non-hydrogen) atoms. The molecule has 0 radical (unpaired) electrons. The van der Waals surface area contributed by atoms with Crippen molar-refractivity contribution in [2.45, 2.75) is 52.2 Å². The normalized spacial score (nSPS) is 13.7. The average molecular weight is 294 g/mol. The van der Waals surface area contributed by atoms with Crippen molar-refractivity contribution in [1.29, 1.82) is 0 Å². The number of amides is 1. The zero-order chi connectivity index (χ0) is 15.8. The molecule has 1 amide bonds. The lowest BCUT2D eigenvalue weighted by Crippen LogP contribution is -2.22. The highest BCUT2D eigenvalue weighted by Gasteiger charge is 2.12. The van der Waals surface area contributed by atoms with Gasteiger partial charge in [0.2, 0.25) is 5.91 Å². The van der Waals surface area contributed by atoms with Gasteiger partial charge in [-0.1, -0.05) is 6.92 Å². The van der Waals surface area contributed by atoms with Gasteiger partial charge in [-0.2, -0.15) is 0 Å². The van der Waals surface area contributed by atoms with Crippen LogP contribution in [-0.4, -0.2) is 28.8 Å². The van der Waals surface area contributed by atoms with Crippen molar-refractivity contribution >= 4 is 11.6 Å². The zero-order valence-corrected chi connectivity index (χ0v) is 13.0. The summed E-state index contributed by atoms with van der Waals surface area (Å²) in [6.07, 6.45) is 1.59. The third-order valence-electron chi connectivity index (χ3n) is 3.27. The van der Waals surface area contributed by atoms with Crippen LogP contribution in [0.5, 0.6) is 5.75 Å². The number of phenols is 1. The minimum atomic E-state index is -0.349. The molecule has 1 aromatic carbocycles. The fourth-order valence-electron chi connectivity index (χ4n) is 2.05. The maximum Gasteiger partial charge on any atom is 0.224 e. The molecule has 1 rings (SSSR count). The number of hydrogen-bond donors (Lipinski definition) is 4. The molecular formula is C16H26N2O3. The first kappa shape index (κ1) is 17.5. The number of anilines is 1. The second-order valence-corrected chi connectivity index (χ2v) is 5.39. The standard InChI is InChI=1S/C16H26N2O3/c1-4-5-16(21)18-13-6-7-15(20)14(10-13)12(3)17-9-8-11(2)19/h6-7,10-12,17,19-20H,4-5,8-9H2,1-3H3,(H,18,21). The Hall–Kier alpha value is -1.59. The summed E-state index contributed by atoms with van der Waals surface area (Å²) in [6.45, 7) is 6.29. The summed E-state index contributed by atoms with van der Waals surface area (Å²) in [7, 11) is 0. The van der Waals surface area contributed by atoms with Crippen LogP contribution in [0.25, 0.3) is 0 Å². The van der Waals surface area contributed by atoms with Gasteiger partial charge in [0.05, 0.1) is 6.10 Å². The Labute approximate surface area is 126 Å². The molecule has 2 unspecified atom stereocenters. The Bertz CT molecular complexity index is 461. The number of carbonyl (C=O) groups is 1. The highest BCUT2D eigenvalue weighted by Crippen LogP contribution is 2.27. The fourth-order valence-corrected chi connectivity index (χ4v) is 2.05. The van der Waals surface area contributed by atoms with Crippen LogP contribution in [0.15, 0.2) is 18.2 Å². The van der Waals surface area contributed by atoms with Crippen molar-refractivity contribution < 1.29 is 15.0 Å². The van der Waals surface area contributed by atoms with Gasteiger partial charge in [0.1, 0.15) is 5.75 Å². The van der Waals surface area contributed by atoms with E-state index in [1.54, 1.807) is 25.1 Å². The van der Waals surface area contributed by atoms with Crippen LogP contribution in [0.3, 0.4) is 0 Å². The van der Waals surface area contributed by atoms with E-state index in [0.29, 0.717) is 25.1 Å². The first-order valence-corrected chi connectivity index (χ1v) is 7.48. The van der Waals surface area contributed by atoms with E-state index in [-0.39, 0.29) is 23.8 Å². The van der Waals surface area contributed by atoms with Crippen molar-refractivity contribution in [1.82, 2.24) is 5.32 Å². The summed E-state index contributed by atoms with van der Waals surface area (Å²) in [5.41, 5.74) is 1.42. The number of phenolic OH excluding ortho intramolecular Hbond substituents is 1. The minimum Gasteiger partial charge on any atom is -0.508 e. The van der Waals surface area contributed by atoms with Crippen LogP contribution in [0.4, 0.5) is 5.69 Å². The Kier molecular flexibility index (Phi) is 7.19. The van der Waals surface area contributed by atoms with E-state index in [9.17, 15) is 15.0 Å². The average Bonchev–Trinajstić information content (AvgIpc) is 2.40. The van der Waals surface area contributed by atoms with Gasteiger partial charge >= 0.3 is 0 Å². The monoisotopic (exact) mass is 294 g/mol. The Morgan fingerprint density at radius 3 is 2.67 bits per heavy atom. The maximum absolute atomic E-state index is 11.6. The van der Waals surface area contributed by atoms with Crippen LogP contribution in [0.1, 0.15) is 51.6 Å². The van der Waals surface area contributed by atoms with E-state index < -0.39 is 0 Å².